The Morgan fingerprint density at radius 3 is 2.47 bits per heavy atom. The predicted molar refractivity (Wildman–Crippen MR) is 116 cm³/mol. The zero-order chi connectivity index (χ0) is 22.9. The van der Waals surface area contributed by atoms with Gasteiger partial charge in [0.15, 0.2) is 0 Å². The summed E-state index contributed by atoms with van der Waals surface area (Å²) in [5, 5.41) is 13.7. The molecule has 1 saturated heterocycles. The molecule has 1 aliphatic heterocycles. The molecule has 2 aromatic heterocycles. The summed E-state index contributed by atoms with van der Waals surface area (Å²) in [7, 11) is 0. The summed E-state index contributed by atoms with van der Waals surface area (Å²) in [4.78, 5) is 6.79. The highest BCUT2D eigenvalue weighted by molar-refractivity contribution is 5.67. The van der Waals surface area contributed by atoms with Gasteiger partial charge in [-0.15, -0.1) is 0 Å². The van der Waals surface area contributed by atoms with Crippen molar-refractivity contribution >= 4 is 5.82 Å². The normalized spacial score (nSPS) is 15.2. The van der Waals surface area contributed by atoms with E-state index in [0.717, 1.165) is 60.7 Å². The Hall–Kier alpha value is -3.34. The van der Waals surface area contributed by atoms with E-state index in [0.29, 0.717) is 5.69 Å². The van der Waals surface area contributed by atoms with Crippen LogP contribution in [0.5, 0.6) is 0 Å². The Labute approximate surface area is 185 Å². The summed E-state index contributed by atoms with van der Waals surface area (Å²) in [5.41, 5.74) is 2.16. The minimum atomic E-state index is -4.41. The summed E-state index contributed by atoms with van der Waals surface area (Å²) >= 11 is 0. The standard InChI is InChI=1S/C24H24F3N5/c1-16(2)23-21(15-32(30-23)20-5-3-4-19(12-20)24(25,26)27)18-6-7-22(29-14-18)31-10-8-17(13-28)9-11-31/h3-7,12,14-17H,8-11H2,1-2H3. The van der Waals surface area contributed by atoms with Gasteiger partial charge in [0.05, 0.1) is 23.0 Å². The lowest BCUT2D eigenvalue weighted by Gasteiger charge is -2.30. The fourth-order valence-electron chi connectivity index (χ4n) is 3.96. The van der Waals surface area contributed by atoms with Crippen LogP contribution in [0.1, 0.15) is 43.9 Å². The van der Waals surface area contributed by atoms with Gasteiger partial charge in [-0.05, 0) is 49.1 Å². The van der Waals surface area contributed by atoms with Crippen LogP contribution >= 0.6 is 0 Å². The molecule has 0 saturated carbocycles. The van der Waals surface area contributed by atoms with Crippen LogP contribution in [0.15, 0.2) is 48.8 Å². The third kappa shape index (κ3) is 4.47. The number of alkyl halides is 3. The fourth-order valence-corrected chi connectivity index (χ4v) is 3.96. The van der Waals surface area contributed by atoms with Gasteiger partial charge in [-0.2, -0.15) is 23.5 Å². The molecule has 0 unspecified atom stereocenters. The Morgan fingerprint density at radius 2 is 1.88 bits per heavy atom. The summed E-state index contributed by atoms with van der Waals surface area (Å²) < 4.78 is 40.9. The highest BCUT2D eigenvalue weighted by Gasteiger charge is 2.30. The van der Waals surface area contributed by atoms with E-state index < -0.39 is 11.7 Å². The lowest BCUT2D eigenvalue weighted by atomic mass is 9.98. The van der Waals surface area contributed by atoms with Crippen LogP contribution in [0.4, 0.5) is 19.0 Å². The largest absolute Gasteiger partial charge is 0.416 e. The number of rotatable bonds is 4. The van der Waals surface area contributed by atoms with Crippen molar-refractivity contribution < 1.29 is 13.2 Å². The molecular weight excluding hydrogens is 415 g/mol. The molecule has 8 heteroatoms. The third-order valence-corrected chi connectivity index (χ3v) is 5.79. The molecule has 0 aliphatic carbocycles. The highest BCUT2D eigenvalue weighted by Crippen LogP contribution is 2.33. The molecule has 32 heavy (non-hydrogen) atoms. The average molecular weight is 439 g/mol. The van der Waals surface area contributed by atoms with E-state index in [2.05, 4.69) is 21.1 Å². The van der Waals surface area contributed by atoms with Gasteiger partial charge in [0.1, 0.15) is 5.82 Å². The Morgan fingerprint density at radius 1 is 1.12 bits per heavy atom. The van der Waals surface area contributed by atoms with Crippen LogP contribution in [-0.2, 0) is 6.18 Å². The molecule has 1 aromatic carbocycles. The highest BCUT2D eigenvalue weighted by atomic mass is 19.4. The van der Waals surface area contributed by atoms with Gasteiger partial charge in [0, 0.05) is 42.5 Å². The molecule has 3 aromatic rings. The molecule has 0 bridgehead atoms. The molecule has 4 rings (SSSR count). The van der Waals surface area contributed by atoms with Gasteiger partial charge in [0.2, 0.25) is 0 Å². The maximum atomic E-state index is 13.1. The lowest BCUT2D eigenvalue weighted by Crippen LogP contribution is -2.33. The van der Waals surface area contributed by atoms with Crippen molar-refractivity contribution in [2.45, 2.75) is 38.8 Å². The molecular formula is C24H24F3N5. The van der Waals surface area contributed by atoms with Gasteiger partial charge >= 0.3 is 6.18 Å². The summed E-state index contributed by atoms with van der Waals surface area (Å²) in [6.07, 6.45) is 0.807. The monoisotopic (exact) mass is 439 g/mol. The number of anilines is 1. The van der Waals surface area contributed by atoms with Gasteiger partial charge in [-0.1, -0.05) is 19.9 Å². The van der Waals surface area contributed by atoms with Crippen LogP contribution in [0, 0.1) is 17.2 Å². The van der Waals surface area contributed by atoms with Crippen LogP contribution in [0.2, 0.25) is 0 Å². The van der Waals surface area contributed by atoms with Crippen LogP contribution in [0.25, 0.3) is 16.8 Å². The summed E-state index contributed by atoms with van der Waals surface area (Å²) in [6, 6.07) is 11.4. The molecule has 166 valence electrons. The number of piperidine rings is 1. The fraction of sp³-hybridized carbons (Fsp3) is 0.375. The first-order valence-electron chi connectivity index (χ1n) is 10.6. The van der Waals surface area contributed by atoms with Crippen molar-refractivity contribution in [2.75, 3.05) is 18.0 Å². The van der Waals surface area contributed by atoms with E-state index in [4.69, 9.17) is 5.26 Å². The third-order valence-electron chi connectivity index (χ3n) is 5.79. The lowest BCUT2D eigenvalue weighted by molar-refractivity contribution is -0.137. The number of halogens is 3. The van der Waals surface area contributed by atoms with E-state index in [1.165, 1.54) is 10.7 Å². The molecule has 3 heterocycles. The van der Waals surface area contributed by atoms with E-state index in [9.17, 15) is 13.2 Å². The Balaban J connectivity index is 1.63. The predicted octanol–water partition coefficient (Wildman–Crippen LogP) is 5.82. The second-order valence-electron chi connectivity index (χ2n) is 8.37. The molecule has 0 amide bonds. The first kappa shape index (κ1) is 21.9. The molecule has 0 radical (unpaired) electrons. The zero-order valence-electron chi connectivity index (χ0n) is 18.0. The minimum absolute atomic E-state index is 0.0849. The SMILES string of the molecule is CC(C)c1nn(-c2cccc(C(F)(F)F)c2)cc1-c1ccc(N2CCC(C#N)CC2)nc1. The van der Waals surface area contributed by atoms with Crippen molar-refractivity contribution in [1.29, 1.82) is 5.26 Å². The first-order chi connectivity index (χ1) is 15.3. The van der Waals surface area contributed by atoms with Crippen LogP contribution in [-0.4, -0.2) is 27.9 Å². The van der Waals surface area contributed by atoms with Gasteiger partial charge in [0.25, 0.3) is 0 Å². The van der Waals surface area contributed by atoms with Crippen molar-refractivity contribution in [3.8, 4) is 22.9 Å². The summed E-state index contributed by atoms with van der Waals surface area (Å²) in [5.74, 6) is 1.06. The number of benzene rings is 1. The maximum Gasteiger partial charge on any atom is 0.416 e. The van der Waals surface area contributed by atoms with Crippen LogP contribution in [0.3, 0.4) is 0 Å². The first-order valence-corrected chi connectivity index (χ1v) is 10.6. The van der Waals surface area contributed by atoms with E-state index in [1.54, 1.807) is 18.5 Å². The zero-order valence-corrected chi connectivity index (χ0v) is 18.0. The van der Waals surface area contributed by atoms with Gasteiger partial charge < -0.3 is 4.90 Å². The topological polar surface area (TPSA) is 57.7 Å². The molecule has 0 spiro atoms. The number of hydrogen-bond acceptors (Lipinski definition) is 4. The molecule has 5 nitrogen and oxygen atoms in total. The number of hydrogen-bond donors (Lipinski definition) is 0. The number of nitrogens with zero attached hydrogens (tertiary/aromatic N) is 5. The van der Waals surface area contributed by atoms with Crippen molar-refractivity contribution in [3.05, 3.63) is 60.0 Å². The molecule has 0 atom stereocenters. The second-order valence-corrected chi connectivity index (χ2v) is 8.37. The van der Waals surface area contributed by atoms with E-state index >= 15 is 0 Å². The van der Waals surface area contributed by atoms with Gasteiger partial charge in [-0.3, -0.25) is 0 Å². The number of nitriles is 1. The molecule has 1 aliphatic rings. The summed E-state index contributed by atoms with van der Waals surface area (Å²) in [6.45, 7) is 5.61. The Kier molecular flexibility index (Phi) is 5.92. The van der Waals surface area contributed by atoms with E-state index in [1.807, 2.05) is 26.0 Å². The quantitative estimate of drug-likeness (QED) is 0.514. The van der Waals surface area contributed by atoms with E-state index in [-0.39, 0.29) is 11.8 Å². The Bertz CT molecular complexity index is 1120. The molecule has 1 fully saturated rings. The maximum absolute atomic E-state index is 13.1. The smallest absolute Gasteiger partial charge is 0.357 e. The van der Waals surface area contributed by atoms with Crippen molar-refractivity contribution in [1.82, 2.24) is 14.8 Å². The van der Waals surface area contributed by atoms with Crippen molar-refractivity contribution in [2.24, 2.45) is 5.92 Å². The van der Waals surface area contributed by atoms with Crippen molar-refractivity contribution in [3.63, 3.8) is 0 Å². The number of pyridine rings is 1. The minimum Gasteiger partial charge on any atom is -0.357 e. The second kappa shape index (κ2) is 8.65. The molecule has 0 N–H and O–H groups in total. The average Bonchev–Trinajstić information content (AvgIpc) is 3.25. The van der Waals surface area contributed by atoms with Gasteiger partial charge in [-0.25, -0.2) is 9.67 Å². The van der Waals surface area contributed by atoms with Crippen LogP contribution < -0.4 is 4.90 Å². The number of aromatic nitrogens is 3.